The molecule has 6 nitrogen and oxygen atoms in total. The Labute approximate surface area is 133 Å². The van der Waals surface area contributed by atoms with Crippen LogP contribution in [0.2, 0.25) is 0 Å². The summed E-state index contributed by atoms with van der Waals surface area (Å²) in [6.07, 6.45) is 5.54. The quantitative estimate of drug-likeness (QED) is 0.754. The van der Waals surface area contributed by atoms with Crippen LogP contribution in [0.1, 0.15) is 28.2 Å². The lowest BCUT2D eigenvalue weighted by molar-refractivity contribution is 0.100. The number of hydrogen-bond donors (Lipinski definition) is 1. The molecule has 2 N–H and O–H groups in total. The molecule has 3 aromatic rings. The van der Waals surface area contributed by atoms with Gasteiger partial charge < -0.3 is 10.3 Å². The van der Waals surface area contributed by atoms with Crippen LogP contribution < -0.4 is 5.73 Å². The summed E-state index contributed by atoms with van der Waals surface area (Å²) in [7, 11) is 0. The van der Waals surface area contributed by atoms with Crippen molar-refractivity contribution in [3.05, 3.63) is 65.8 Å². The van der Waals surface area contributed by atoms with Gasteiger partial charge in [-0.2, -0.15) is 4.98 Å². The van der Waals surface area contributed by atoms with Crippen LogP contribution in [0.15, 0.2) is 53.3 Å². The standard InChI is InChI=1S/C17H16N4O2/c18-16(22)13-9-10-19-11-14(13)17-20-15(23-21-17)8-4-7-12-5-2-1-3-6-12/h1-3,5-6,9-11H,4,7-8H2,(H2,18,22). The van der Waals surface area contributed by atoms with Gasteiger partial charge in [0.1, 0.15) is 0 Å². The Morgan fingerprint density at radius 3 is 2.74 bits per heavy atom. The third kappa shape index (κ3) is 3.60. The molecule has 1 aromatic carbocycles. The molecule has 3 rings (SSSR count). The Balaban J connectivity index is 1.68. The number of aromatic nitrogens is 3. The SMILES string of the molecule is NC(=O)c1ccncc1-c1noc(CCCc2ccccc2)n1. The molecule has 0 fully saturated rings. The maximum Gasteiger partial charge on any atom is 0.249 e. The minimum atomic E-state index is -0.544. The molecular formula is C17H16N4O2. The van der Waals surface area contributed by atoms with E-state index >= 15 is 0 Å². The van der Waals surface area contributed by atoms with Gasteiger partial charge >= 0.3 is 0 Å². The number of rotatable bonds is 6. The number of hydrogen-bond acceptors (Lipinski definition) is 5. The van der Waals surface area contributed by atoms with Gasteiger partial charge in [0, 0.05) is 18.8 Å². The van der Waals surface area contributed by atoms with Crippen molar-refractivity contribution >= 4 is 5.91 Å². The highest BCUT2D eigenvalue weighted by atomic mass is 16.5. The van der Waals surface area contributed by atoms with E-state index in [1.54, 1.807) is 6.07 Å². The zero-order valence-electron chi connectivity index (χ0n) is 12.5. The van der Waals surface area contributed by atoms with E-state index in [0.29, 0.717) is 29.3 Å². The molecule has 0 spiro atoms. The van der Waals surface area contributed by atoms with Crippen LogP contribution in [0.5, 0.6) is 0 Å². The van der Waals surface area contributed by atoms with E-state index in [2.05, 4.69) is 27.3 Å². The van der Waals surface area contributed by atoms with E-state index in [4.69, 9.17) is 10.3 Å². The number of carbonyl (C=O) groups is 1. The molecule has 0 aliphatic carbocycles. The molecule has 116 valence electrons. The zero-order chi connectivity index (χ0) is 16.1. The van der Waals surface area contributed by atoms with Gasteiger partial charge in [-0.15, -0.1) is 0 Å². The van der Waals surface area contributed by atoms with E-state index in [9.17, 15) is 4.79 Å². The molecular weight excluding hydrogens is 292 g/mol. The van der Waals surface area contributed by atoms with E-state index in [-0.39, 0.29) is 0 Å². The average Bonchev–Trinajstić information content (AvgIpc) is 3.04. The van der Waals surface area contributed by atoms with Crippen molar-refractivity contribution < 1.29 is 9.32 Å². The van der Waals surface area contributed by atoms with Gasteiger partial charge in [0.25, 0.3) is 0 Å². The van der Waals surface area contributed by atoms with Crippen LogP contribution in [0.4, 0.5) is 0 Å². The summed E-state index contributed by atoms with van der Waals surface area (Å²) in [6, 6.07) is 11.8. The maximum atomic E-state index is 11.4. The predicted octanol–water partition coefficient (Wildman–Crippen LogP) is 2.41. The fourth-order valence-electron chi connectivity index (χ4n) is 2.34. The van der Waals surface area contributed by atoms with Gasteiger partial charge in [-0.05, 0) is 24.5 Å². The van der Waals surface area contributed by atoms with Gasteiger partial charge in [-0.1, -0.05) is 35.5 Å². The monoisotopic (exact) mass is 308 g/mol. The Morgan fingerprint density at radius 2 is 1.96 bits per heavy atom. The third-order valence-electron chi connectivity index (χ3n) is 3.49. The van der Waals surface area contributed by atoms with Crippen LogP contribution in [0.3, 0.4) is 0 Å². The number of primary amides is 1. The number of benzene rings is 1. The Bertz CT molecular complexity index is 799. The fourth-order valence-corrected chi connectivity index (χ4v) is 2.34. The van der Waals surface area contributed by atoms with E-state index in [0.717, 1.165) is 12.8 Å². The number of pyridine rings is 1. The number of nitrogens with zero attached hydrogens (tertiary/aromatic N) is 3. The second kappa shape index (κ2) is 6.83. The first-order valence-electron chi connectivity index (χ1n) is 7.35. The summed E-state index contributed by atoms with van der Waals surface area (Å²) in [4.78, 5) is 19.8. The molecule has 0 radical (unpaired) electrons. The van der Waals surface area contributed by atoms with Crippen LogP contribution in [-0.4, -0.2) is 21.0 Å². The summed E-state index contributed by atoms with van der Waals surface area (Å²) >= 11 is 0. The normalized spacial score (nSPS) is 10.6. The van der Waals surface area contributed by atoms with Crippen molar-refractivity contribution in [1.82, 2.24) is 15.1 Å². The Hall–Kier alpha value is -3.02. The molecule has 1 amide bonds. The first-order chi connectivity index (χ1) is 11.2. The van der Waals surface area contributed by atoms with E-state index in [1.807, 2.05) is 18.2 Å². The highest BCUT2D eigenvalue weighted by Gasteiger charge is 2.15. The lowest BCUT2D eigenvalue weighted by Crippen LogP contribution is -2.12. The summed E-state index contributed by atoms with van der Waals surface area (Å²) in [5.41, 5.74) is 7.44. The molecule has 0 saturated carbocycles. The summed E-state index contributed by atoms with van der Waals surface area (Å²) in [5.74, 6) is 0.328. The number of aryl methyl sites for hydroxylation is 2. The smallest absolute Gasteiger partial charge is 0.249 e. The average molecular weight is 308 g/mol. The van der Waals surface area contributed by atoms with Crippen molar-refractivity contribution in [2.75, 3.05) is 0 Å². The molecule has 0 bridgehead atoms. The molecule has 0 aliphatic rings. The minimum Gasteiger partial charge on any atom is -0.366 e. The third-order valence-corrected chi connectivity index (χ3v) is 3.49. The second-order valence-electron chi connectivity index (χ2n) is 5.14. The van der Waals surface area contributed by atoms with E-state index < -0.39 is 5.91 Å². The predicted molar refractivity (Wildman–Crippen MR) is 84.5 cm³/mol. The highest BCUT2D eigenvalue weighted by Crippen LogP contribution is 2.20. The van der Waals surface area contributed by atoms with Crippen LogP contribution in [-0.2, 0) is 12.8 Å². The van der Waals surface area contributed by atoms with Crippen molar-refractivity contribution in [1.29, 1.82) is 0 Å². The Kier molecular flexibility index (Phi) is 4.42. The van der Waals surface area contributed by atoms with Crippen LogP contribution >= 0.6 is 0 Å². The number of carbonyl (C=O) groups excluding carboxylic acids is 1. The largest absolute Gasteiger partial charge is 0.366 e. The molecule has 6 heteroatoms. The van der Waals surface area contributed by atoms with Crippen molar-refractivity contribution in [2.45, 2.75) is 19.3 Å². The highest BCUT2D eigenvalue weighted by molar-refractivity contribution is 5.98. The Morgan fingerprint density at radius 1 is 1.13 bits per heavy atom. The summed E-state index contributed by atoms with van der Waals surface area (Å²) < 4.78 is 5.25. The lowest BCUT2D eigenvalue weighted by atomic mass is 10.1. The van der Waals surface area contributed by atoms with E-state index in [1.165, 1.54) is 18.0 Å². The summed E-state index contributed by atoms with van der Waals surface area (Å²) in [5, 5.41) is 3.92. The van der Waals surface area contributed by atoms with Gasteiger partial charge in [0.15, 0.2) is 0 Å². The van der Waals surface area contributed by atoms with Crippen molar-refractivity contribution in [3.8, 4) is 11.4 Å². The fraction of sp³-hybridized carbons (Fsp3) is 0.176. The van der Waals surface area contributed by atoms with Crippen LogP contribution in [0, 0.1) is 0 Å². The molecule has 0 unspecified atom stereocenters. The second-order valence-corrected chi connectivity index (χ2v) is 5.14. The van der Waals surface area contributed by atoms with Gasteiger partial charge in [0.05, 0.1) is 11.1 Å². The minimum absolute atomic E-state index is 0.330. The van der Waals surface area contributed by atoms with Crippen LogP contribution in [0.25, 0.3) is 11.4 Å². The molecule has 23 heavy (non-hydrogen) atoms. The van der Waals surface area contributed by atoms with Crippen molar-refractivity contribution in [3.63, 3.8) is 0 Å². The first-order valence-corrected chi connectivity index (χ1v) is 7.35. The molecule has 0 aliphatic heterocycles. The molecule has 2 aromatic heterocycles. The maximum absolute atomic E-state index is 11.4. The lowest BCUT2D eigenvalue weighted by Gasteiger charge is -2.00. The molecule has 0 atom stereocenters. The van der Waals surface area contributed by atoms with Gasteiger partial charge in [0.2, 0.25) is 17.6 Å². The van der Waals surface area contributed by atoms with Gasteiger partial charge in [-0.3, -0.25) is 9.78 Å². The molecule has 0 saturated heterocycles. The van der Waals surface area contributed by atoms with Gasteiger partial charge in [-0.25, -0.2) is 0 Å². The number of amides is 1. The summed E-state index contributed by atoms with van der Waals surface area (Å²) in [6.45, 7) is 0. The first kappa shape index (κ1) is 14.9. The van der Waals surface area contributed by atoms with Crippen molar-refractivity contribution in [2.24, 2.45) is 5.73 Å². The molecule has 2 heterocycles. The number of nitrogens with two attached hydrogens (primary N) is 1. The zero-order valence-corrected chi connectivity index (χ0v) is 12.5. The topological polar surface area (TPSA) is 94.9 Å².